The number of hydrogen-bond donors (Lipinski definition) is 0. The van der Waals surface area contributed by atoms with Gasteiger partial charge >= 0.3 is 0 Å². The van der Waals surface area contributed by atoms with Crippen molar-refractivity contribution in [1.82, 2.24) is 0 Å². The highest BCUT2D eigenvalue weighted by atomic mass is 35.5. The molecule has 0 N–H and O–H groups in total. The third-order valence-electron chi connectivity index (χ3n) is 2.07. The molecule has 0 saturated carbocycles. The van der Waals surface area contributed by atoms with Crippen LogP contribution in [0.3, 0.4) is 0 Å². The lowest BCUT2D eigenvalue weighted by molar-refractivity contribution is -0.499. The highest BCUT2D eigenvalue weighted by Crippen LogP contribution is 2.14. The average Bonchev–Trinajstić information content (AvgIpc) is 2.29. The summed E-state index contributed by atoms with van der Waals surface area (Å²) in [7, 11) is 0. The number of nitro benzene ring substituents is 1. The summed E-state index contributed by atoms with van der Waals surface area (Å²) in [6.07, 6.45) is 0. The molecule has 0 aromatic heterocycles. The normalized spacial score (nSPS) is 11.8. The summed E-state index contributed by atoms with van der Waals surface area (Å²) >= 11 is 5.32. The van der Waals surface area contributed by atoms with Gasteiger partial charge in [0.15, 0.2) is 0 Å². The molecule has 0 spiro atoms. The van der Waals surface area contributed by atoms with Crippen LogP contribution in [-0.4, -0.2) is 27.6 Å². The molecule has 0 aliphatic rings. The van der Waals surface area contributed by atoms with E-state index in [0.29, 0.717) is 0 Å². The third-order valence-corrected chi connectivity index (χ3v) is 2.36. The van der Waals surface area contributed by atoms with Crippen LogP contribution in [0.15, 0.2) is 24.3 Å². The molecule has 1 atom stereocenters. The van der Waals surface area contributed by atoms with Crippen molar-refractivity contribution in [2.75, 3.05) is 5.88 Å². The molecule has 0 aliphatic carbocycles. The number of carbonyl (C=O) groups is 1. The number of ketones is 1. The molecule has 1 aromatic carbocycles. The Kier molecular flexibility index (Phi) is 4.11. The minimum absolute atomic E-state index is 0.0259. The fourth-order valence-corrected chi connectivity index (χ4v) is 1.41. The number of rotatable bonds is 5. The standard InChI is InChI=1S/C9H7ClN2O5/c10-5-8(12(16)17)9(13)6-1-3-7(4-2-6)11(14)15/h1-4,8H,5H2. The van der Waals surface area contributed by atoms with Crippen LogP contribution in [0, 0.1) is 20.2 Å². The molecule has 0 radical (unpaired) electrons. The van der Waals surface area contributed by atoms with Gasteiger partial charge in [-0.25, -0.2) is 0 Å². The number of nitrogens with zero attached hydrogens (tertiary/aromatic N) is 2. The van der Waals surface area contributed by atoms with Gasteiger partial charge in [-0.05, 0) is 12.1 Å². The first-order valence-corrected chi connectivity index (χ1v) is 4.99. The highest BCUT2D eigenvalue weighted by molar-refractivity contribution is 6.20. The largest absolute Gasteiger partial charge is 0.288 e. The van der Waals surface area contributed by atoms with Crippen molar-refractivity contribution in [2.45, 2.75) is 6.04 Å². The first kappa shape index (κ1) is 13.0. The lowest BCUT2D eigenvalue weighted by Gasteiger charge is -2.04. The van der Waals surface area contributed by atoms with Gasteiger partial charge in [-0.2, -0.15) is 0 Å². The molecule has 0 saturated heterocycles. The molecule has 0 bridgehead atoms. The molecule has 1 unspecified atom stereocenters. The van der Waals surface area contributed by atoms with Crippen LogP contribution in [0.2, 0.25) is 0 Å². The Labute approximate surface area is 100 Å². The Morgan fingerprint density at radius 3 is 2.12 bits per heavy atom. The number of benzene rings is 1. The van der Waals surface area contributed by atoms with Crippen molar-refractivity contribution in [3.8, 4) is 0 Å². The predicted octanol–water partition coefficient (Wildman–Crippen LogP) is 1.66. The fourth-order valence-electron chi connectivity index (χ4n) is 1.16. The van der Waals surface area contributed by atoms with Gasteiger partial charge in [-0.1, -0.05) is 0 Å². The fraction of sp³-hybridized carbons (Fsp3) is 0.222. The Bertz CT molecular complexity index is 459. The van der Waals surface area contributed by atoms with Crippen molar-refractivity contribution >= 4 is 23.1 Å². The van der Waals surface area contributed by atoms with E-state index in [1.165, 1.54) is 12.1 Å². The molecular weight excluding hydrogens is 252 g/mol. The van der Waals surface area contributed by atoms with Gasteiger partial charge in [0.05, 0.1) is 10.8 Å². The Morgan fingerprint density at radius 1 is 1.24 bits per heavy atom. The summed E-state index contributed by atoms with van der Waals surface area (Å²) in [5.74, 6) is -1.21. The summed E-state index contributed by atoms with van der Waals surface area (Å²) in [4.78, 5) is 31.1. The molecule has 7 nitrogen and oxygen atoms in total. The number of Topliss-reactive ketones (excluding diaryl/α,β-unsaturated/α-hetero) is 1. The summed E-state index contributed by atoms with van der Waals surface area (Å²) in [6, 6.07) is 3.03. The molecule has 0 aliphatic heterocycles. The number of alkyl halides is 1. The van der Waals surface area contributed by atoms with E-state index in [-0.39, 0.29) is 11.3 Å². The zero-order chi connectivity index (χ0) is 13.0. The number of halogens is 1. The number of non-ortho nitro benzene ring substituents is 1. The van der Waals surface area contributed by atoms with E-state index in [9.17, 15) is 25.0 Å². The van der Waals surface area contributed by atoms with Gasteiger partial charge in [-0.3, -0.25) is 25.0 Å². The van der Waals surface area contributed by atoms with E-state index < -0.39 is 27.6 Å². The van der Waals surface area contributed by atoms with Crippen molar-refractivity contribution in [2.24, 2.45) is 0 Å². The van der Waals surface area contributed by atoms with Crippen molar-refractivity contribution in [1.29, 1.82) is 0 Å². The average molecular weight is 259 g/mol. The van der Waals surface area contributed by atoms with Crippen molar-refractivity contribution < 1.29 is 14.6 Å². The topological polar surface area (TPSA) is 103 Å². The van der Waals surface area contributed by atoms with Crippen LogP contribution in [-0.2, 0) is 0 Å². The van der Waals surface area contributed by atoms with E-state index in [0.717, 1.165) is 12.1 Å². The molecular formula is C9H7ClN2O5. The minimum Gasteiger partial charge on any atom is -0.286 e. The number of hydrogen-bond acceptors (Lipinski definition) is 5. The summed E-state index contributed by atoms with van der Waals surface area (Å²) in [5, 5.41) is 20.9. The quantitative estimate of drug-likeness (QED) is 0.346. The van der Waals surface area contributed by atoms with Crippen LogP contribution in [0.4, 0.5) is 5.69 Å². The first-order chi connectivity index (χ1) is 7.97. The Morgan fingerprint density at radius 2 is 1.76 bits per heavy atom. The van der Waals surface area contributed by atoms with Crippen LogP contribution in [0.25, 0.3) is 0 Å². The summed E-state index contributed by atoms with van der Waals surface area (Å²) in [6.45, 7) is 0. The van der Waals surface area contributed by atoms with Crippen LogP contribution in [0.5, 0.6) is 0 Å². The highest BCUT2D eigenvalue weighted by Gasteiger charge is 2.29. The molecule has 1 rings (SSSR count). The monoisotopic (exact) mass is 258 g/mol. The summed E-state index contributed by atoms with van der Waals surface area (Å²) < 4.78 is 0. The maximum absolute atomic E-state index is 11.6. The van der Waals surface area contributed by atoms with Gasteiger partial charge in [-0.15, -0.1) is 11.6 Å². The first-order valence-electron chi connectivity index (χ1n) is 4.45. The van der Waals surface area contributed by atoms with Gasteiger partial charge in [0.25, 0.3) is 11.7 Å². The zero-order valence-electron chi connectivity index (χ0n) is 8.41. The lowest BCUT2D eigenvalue weighted by Crippen LogP contribution is -2.31. The van der Waals surface area contributed by atoms with E-state index in [2.05, 4.69) is 0 Å². The van der Waals surface area contributed by atoms with Gasteiger partial charge in [0.1, 0.15) is 0 Å². The molecule has 0 heterocycles. The molecule has 1 aromatic rings. The minimum atomic E-state index is -1.53. The van der Waals surface area contributed by atoms with E-state index in [4.69, 9.17) is 11.6 Å². The van der Waals surface area contributed by atoms with Gasteiger partial charge in [0, 0.05) is 22.6 Å². The summed E-state index contributed by atoms with van der Waals surface area (Å²) in [5.41, 5.74) is -0.164. The van der Waals surface area contributed by atoms with Gasteiger partial charge in [0.2, 0.25) is 5.78 Å². The van der Waals surface area contributed by atoms with Crippen LogP contribution < -0.4 is 0 Å². The number of carbonyl (C=O) groups excluding carboxylic acids is 1. The van der Waals surface area contributed by atoms with Crippen LogP contribution >= 0.6 is 11.6 Å². The van der Waals surface area contributed by atoms with Crippen molar-refractivity contribution in [3.05, 3.63) is 50.1 Å². The van der Waals surface area contributed by atoms with E-state index in [1.54, 1.807) is 0 Å². The molecule has 8 heteroatoms. The smallest absolute Gasteiger partial charge is 0.286 e. The van der Waals surface area contributed by atoms with E-state index in [1.807, 2.05) is 0 Å². The maximum Gasteiger partial charge on any atom is 0.288 e. The van der Waals surface area contributed by atoms with E-state index >= 15 is 0 Å². The maximum atomic E-state index is 11.6. The zero-order valence-corrected chi connectivity index (χ0v) is 9.16. The third kappa shape index (κ3) is 2.97. The second-order valence-corrected chi connectivity index (χ2v) is 3.43. The predicted molar refractivity (Wildman–Crippen MR) is 58.9 cm³/mol. The Hall–Kier alpha value is -2.02. The second-order valence-electron chi connectivity index (χ2n) is 3.12. The van der Waals surface area contributed by atoms with Gasteiger partial charge < -0.3 is 0 Å². The molecule has 0 fully saturated rings. The molecule has 0 amide bonds. The second kappa shape index (κ2) is 5.35. The molecule has 17 heavy (non-hydrogen) atoms. The lowest BCUT2D eigenvalue weighted by atomic mass is 10.1. The van der Waals surface area contributed by atoms with Crippen molar-refractivity contribution in [3.63, 3.8) is 0 Å². The number of nitro groups is 2. The SMILES string of the molecule is O=C(c1ccc([N+](=O)[O-])cc1)C(CCl)[N+](=O)[O-]. The van der Waals surface area contributed by atoms with Crippen LogP contribution in [0.1, 0.15) is 10.4 Å². The molecule has 90 valence electrons. The Balaban J connectivity index is 2.97.